The Bertz CT molecular complexity index is 1170. The highest BCUT2D eigenvalue weighted by molar-refractivity contribution is 7.16. The maximum absolute atomic E-state index is 15.4. The molecule has 2 bridgehead atoms. The van der Waals surface area contributed by atoms with E-state index in [-0.39, 0.29) is 23.8 Å². The number of alkyl halides is 2. The van der Waals surface area contributed by atoms with Crippen molar-refractivity contribution in [2.24, 2.45) is 0 Å². The zero-order chi connectivity index (χ0) is 22.8. The van der Waals surface area contributed by atoms with E-state index in [1.165, 1.54) is 0 Å². The molecule has 5 unspecified atom stereocenters. The zero-order valence-corrected chi connectivity index (χ0v) is 19.1. The highest BCUT2D eigenvalue weighted by atomic mass is 32.1. The predicted octanol–water partition coefficient (Wildman–Crippen LogP) is 4.09. The second kappa shape index (κ2) is 7.21. The van der Waals surface area contributed by atoms with Gasteiger partial charge in [-0.3, -0.25) is 4.90 Å². The monoisotopic (exact) mass is 461 g/mol. The van der Waals surface area contributed by atoms with Crippen LogP contribution in [-0.2, 0) is 0 Å². The Labute approximate surface area is 188 Å². The SMILES string of the molecule is Cc1ccn(-c2ccc(-c3nnc(OC4CC5(C)C(F)CC(C)(C4F)N5C)s3)c(O)c2)n1. The lowest BCUT2D eigenvalue weighted by atomic mass is 9.82. The average molecular weight is 462 g/mol. The summed E-state index contributed by atoms with van der Waals surface area (Å²) >= 11 is 1.12. The van der Waals surface area contributed by atoms with E-state index < -0.39 is 29.5 Å². The summed E-state index contributed by atoms with van der Waals surface area (Å²) in [5.41, 5.74) is 0.366. The molecular weight excluding hydrogens is 436 g/mol. The molecule has 1 aromatic carbocycles. The number of aromatic hydroxyl groups is 1. The molecule has 32 heavy (non-hydrogen) atoms. The number of benzene rings is 1. The fourth-order valence-electron chi connectivity index (χ4n) is 4.99. The Morgan fingerprint density at radius 2 is 1.94 bits per heavy atom. The number of aryl methyl sites for hydroxylation is 1. The number of nitrogens with zero attached hydrogens (tertiary/aromatic N) is 5. The van der Waals surface area contributed by atoms with Crippen LogP contribution in [-0.4, -0.2) is 66.6 Å². The minimum Gasteiger partial charge on any atom is -0.507 e. The van der Waals surface area contributed by atoms with Crippen LogP contribution >= 0.6 is 11.3 Å². The summed E-state index contributed by atoms with van der Waals surface area (Å²) in [7, 11) is 1.78. The van der Waals surface area contributed by atoms with Crippen molar-refractivity contribution in [1.82, 2.24) is 24.9 Å². The lowest BCUT2D eigenvalue weighted by molar-refractivity contribution is -0.0932. The normalized spacial score (nSPS) is 32.4. The molecule has 0 aliphatic carbocycles. The maximum Gasteiger partial charge on any atom is 0.294 e. The number of hydrogen-bond acceptors (Lipinski definition) is 7. The van der Waals surface area contributed by atoms with Gasteiger partial charge in [-0.05, 0) is 46.0 Å². The molecule has 4 heterocycles. The highest BCUT2D eigenvalue weighted by Gasteiger charge is 2.65. The standard InChI is InChI=1S/C22H25F2N5O2S/c1-12-7-8-29(27-12)13-5-6-14(15(30)9-13)19-25-26-20(32-19)31-16-10-21(2)17(23)11-22(3,18(16)24)28(21)4/h5-9,16-18,30H,10-11H2,1-4H3. The van der Waals surface area contributed by atoms with E-state index in [4.69, 9.17) is 4.74 Å². The Morgan fingerprint density at radius 1 is 1.16 bits per heavy atom. The number of fused-ring (bicyclic) bond motifs is 2. The van der Waals surface area contributed by atoms with Crippen molar-refractivity contribution in [2.75, 3.05) is 7.05 Å². The number of aromatic nitrogens is 4. The Morgan fingerprint density at radius 3 is 2.62 bits per heavy atom. The molecule has 2 saturated heterocycles. The van der Waals surface area contributed by atoms with Crippen LogP contribution in [0.5, 0.6) is 10.9 Å². The molecule has 2 aliphatic rings. The second-order valence-electron chi connectivity index (χ2n) is 9.18. The lowest BCUT2D eigenvalue weighted by Crippen LogP contribution is -2.64. The van der Waals surface area contributed by atoms with E-state index in [2.05, 4.69) is 15.3 Å². The second-order valence-corrected chi connectivity index (χ2v) is 10.1. The molecule has 0 radical (unpaired) electrons. The minimum atomic E-state index is -1.36. The van der Waals surface area contributed by atoms with Gasteiger partial charge in [0.2, 0.25) is 0 Å². The van der Waals surface area contributed by atoms with E-state index in [9.17, 15) is 9.50 Å². The number of piperidine rings is 1. The van der Waals surface area contributed by atoms with Crippen molar-refractivity contribution < 1.29 is 18.6 Å². The topological polar surface area (TPSA) is 76.3 Å². The first-order chi connectivity index (χ1) is 15.1. The third-order valence-electron chi connectivity index (χ3n) is 7.19. The van der Waals surface area contributed by atoms with Gasteiger partial charge in [-0.1, -0.05) is 16.4 Å². The summed E-state index contributed by atoms with van der Waals surface area (Å²) in [6.07, 6.45) is -1.13. The molecular formula is C22H25F2N5O2S. The van der Waals surface area contributed by atoms with Gasteiger partial charge in [0.25, 0.3) is 5.19 Å². The van der Waals surface area contributed by atoms with E-state index in [1.807, 2.05) is 37.1 Å². The van der Waals surface area contributed by atoms with Gasteiger partial charge < -0.3 is 9.84 Å². The third kappa shape index (κ3) is 3.11. The average Bonchev–Trinajstić information content (AvgIpc) is 3.42. The number of hydrogen-bond donors (Lipinski definition) is 1. The highest BCUT2D eigenvalue weighted by Crippen LogP contribution is 2.52. The maximum atomic E-state index is 15.4. The van der Waals surface area contributed by atoms with Crippen LogP contribution in [0.25, 0.3) is 16.3 Å². The fraction of sp³-hybridized carbons (Fsp3) is 0.500. The van der Waals surface area contributed by atoms with E-state index in [0.717, 1.165) is 17.0 Å². The van der Waals surface area contributed by atoms with Crippen molar-refractivity contribution >= 4 is 11.3 Å². The fourth-order valence-corrected chi connectivity index (χ4v) is 5.77. The summed E-state index contributed by atoms with van der Waals surface area (Å²) in [5, 5.41) is 23.7. The molecule has 0 spiro atoms. The molecule has 7 nitrogen and oxygen atoms in total. The number of rotatable bonds is 4. The van der Waals surface area contributed by atoms with Gasteiger partial charge in [-0.15, -0.1) is 5.10 Å². The van der Waals surface area contributed by atoms with Crippen LogP contribution in [0.1, 0.15) is 32.4 Å². The Balaban J connectivity index is 1.37. The van der Waals surface area contributed by atoms with Crippen LogP contribution in [0.4, 0.5) is 8.78 Å². The molecule has 2 fully saturated rings. The molecule has 2 aliphatic heterocycles. The van der Waals surface area contributed by atoms with Crippen molar-refractivity contribution in [3.63, 3.8) is 0 Å². The summed E-state index contributed by atoms with van der Waals surface area (Å²) in [6, 6.07) is 7.02. The first-order valence-electron chi connectivity index (χ1n) is 10.5. The zero-order valence-electron chi connectivity index (χ0n) is 18.3. The van der Waals surface area contributed by atoms with E-state index in [1.54, 1.807) is 30.8 Å². The van der Waals surface area contributed by atoms with Crippen LogP contribution in [0.2, 0.25) is 0 Å². The Hall–Kier alpha value is -2.59. The molecule has 170 valence electrons. The minimum absolute atomic E-state index is 0.0272. The van der Waals surface area contributed by atoms with Gasteiger partial charge in [0, 0.05) is 25.1 Å². The molecule has 5 rings (SSSR count). The van der Waals surface area contributed by atoms with Crippen LogP contribution < -0.4 is 4.74 Å². The third-order valence-corrected chi connectivity index (χ3v) is 8.04. The number of ether oxygens (including phenoxy) is 1. The first kappa shape index (κ1) is 21.3. The van der Waals surface area contributed by atoms with Crippen molar-refractivity contribution in [2.45, 2.75) is 63.1 Å². The van der Waals surface area contributed by atoms with Gasteiger partial charge in [-0.25, -0.2) is 13.5 Å². The molecule has 10 heteroatoms. The number of phenolic OH excluding ortho intramolecular Hbond substituents is 1. The number of halogens is 2. The number of phenols is 1. The smallest absolute Gasteiger partial charge is 0.294 e. The van der Waals surface area contributed by atoms with Crippen molar-refractivity contribution in [3.8, 4) is 27.2 Å². The van der Waals surface area contributed by atoms with E-state index >= 15 is 4.39 Å². The molecule has 1 N–H and O–H groups in total. The van der Waals surface area contributed by atoms with Crippen LogP contribution in [0, 0.1) is 6.92 Å². The largest absolute Gasteiger partial charge is 0.507 e. The van der Waals surface area contributed by atoms with Gasteiger partial charge >= 0.3 is 0 Å². The van der Waals surface area contributed by atoms with Crippen molar-refractivity contribution in [1.29, 1.82) is 0 Å². The van der Waals surface area contributed by atoms with Crippen molar-refractivity contribution in [3.05, 3.63) is 36.2 Å². The molecule has 3 aromatic rings. The predicted molar refractivity (Wildman–Crippen MR) is 117 cm³/mol. The summed E-state index contributed by atoms with van der Waals surface area (Å²) in [4.78, 5) is 1.82. The molecule has 2 aromatic heterocycles. The van der Waals surface area contributed by atoms with Crippen LogP contribution in [0.3, 0.4) is 0 Å². The quantitative estimate of drug-likeness (QED) is 0.631. The molecule has 0 amide bonds. The van der Waals surface area contributed by atoms with Gasteiger partial charge in [-0.2, -0.15) is 5.10 Å². The molecule has 5 atom stereocenters. The van der Waals surface area contributed by atoms with E-state index in [0.29, 0.717) is 16.3 Å². The van der Waals surface area contributed by atoms with Gasteiger partial charge in [0.05, 0.1) is 28.0 Å². The lowest BCUT2D eigenvalue weighted by Gasteiger charge is -2.50. The van der Waals surface area contributed by atoms with Gasteiger partial charge in [0.15, 0.2) is 11.2 Å². The Kier molecular flexibility index (Phi) is 4.79. The summed E-state index contributed by atoms with van der Waals surface area (Å²) in [6.45, 7) is 5.45. The summed E-state index contributed by atoms with van der Waals surface area (Å²) in [5.74, 6) is 0.0272. The van der Waals surface area contributed by atoms with Gasteiger partial charge in [0.1, 0.15) is 18.0 Å². The summed E-state index contributed by atoms with van der Waals surface area (Å²) < 4.78 is 37.7. The van der Waals surface area contributed by atoms with Crippen LogP contribution in [0.15, 0.2) is 30.5 Å². The molecule has 0 saturated carbocycles. The first-order valence-corrected chi connectivity index (χ1v) is 11.3.